The van der Waals surface area contributed by atoms with E-state index in [0.29, 0.717) is 27.4 Å². The maximum absolute atomic E-state index is 12.7. The zero-order valence-corrected chi connectivity index (χ0v) is 21.9. The van der Waals surface area contributed by atoms with Crippen LogP contribution < -0.4 is 0 Å². The number of ketones is 1. The van der Waals surface area contributed by atoms with Crippen molar-refractivity contribution in [3.63, 3.8) is 0 Å². The quantitative estimate of drug-likeness (QED) is 0.380. The Morgan fingerprint density at radius 3 is 2.13 bits per heavy atom. The predicted octanol–water partition coefficient (Wildman–Crippen LogP) is 8.31. The number of fused-ring (bicyclic) bond motifs is 7. The molecule has 0 N–H and O–H groups in total. The summed E-state index contributed by atoms with van der Waals surface area (Å²) in [7, 11) is 0. The molecule has 5 rings (SSSR count). The molecule has 10 atom stereocenters. The maximum Gasteiger partial charge on any atom is 0.136 e. The van der Waals surface area contributed by atoms with Crippen molar-refractivity contribution in [2.75, 3.05) is 0 Å². The average Bonchev–Trinajstić information content (AvgIpc) is 2.66. The van der Waals surface area contributed by atoms with Crippen LogP contribution in [0.25, 0.3) is 0 Å². The van der Waals surface area contributed by atoms with E-state index in [9.17, 15) is 4.79 Å². The molecule has 1 heteroatoms. The van der Waals surface area contributed by atoms with Crippen LogP contribution >= 0.6 is 0 Å². The van der Waals surface area contributed by atoms with Crippen molar-refractivity contribution in [1.29, 1.82) is 0 Å². The summed E-state index contributed by atoms with van der Waals surface area (Å²) in [5.41, 5.74) is 2.14. The van der Waals surface area contributed by atoms with Gasteiger partial charge in [0.1, 0.15) is 5.78 Å². The van der Waals surface area contributed by atoms with Gasteiger partial charge in [0.15, 0.2) is 0 Å². The van der Waals surface area contributed by atoms with Gasteiger partial charge in [-0.15, -0.1) is 0 Å². The van der Waals surface area contributed by atoms with E-state index >= 15 is 0 Å². The van der Waals surface area contributed by atoms with Gasteiger partial charge in [-0.3, -0.25) is 4.79 Å². The van der Waals surface area contributed by atoms with Crippen molar-refractivity contribution in [3.05, 3.63) is 0 Å². The first-order chi connectivity index (χ1) is 14.3. The van der Waals surface area contributed by atoms with E-state index in [1.54, 1.807) is 0 Å². The zero-order valence-electron chi connectivity index (χ0n) is 21.9. The minimum atomic E-state index is 0.239. The Balaban J connectivity index is 1.53. The molecule has 31 heavy (non-hydrogen) atoms. The van der Waals surface area contributed by atoms with E-state index in [-0.39, 0.29) is 11.3 Å². The predicted molar refractivity (Wildman–Crippen MR) is 130 cm³/mol. The summed E-state index contributed by atoms with van der Waals surface area (Å²) in [6.45, 7) is 20.6. The summed E-state index contributed by atoms with van der Waals surface area (Å²) < 4.78 is 0. The first-order valence-electron chi connectivity index (χ1n) is 13.8. The van der Waals surface area contributed by atoms with Crippen LogP contribution in [0.1, 0.15) is 120 Å². The van der Waals surface area contributed by atoms with Crippen LogP contribution in [-0.4, -0.2) is 5.78 Å². The number of hydrogen-bond acceptors (Lipinski definition) is 1. The molecule has 0 saturated heterocycles. The van der Waals surface area contributed by atoms with Crippen molar-refractivity contribution < 1.29 is 4.79 Å². The molecule has 0 unspecified atom stereocenters. The summed E-state index contributed by atoms with van der Waals surface area (Å²) >= 11 is 0. The highest BCUT2D eigenvalue weighted by molar-refractivity contribution is 5.82. The molecule has 5 aliphatic rings. The highest BCUT2D eigenvalue weighted by atomic mass is 16.1. The lowest BCUT2D eigenvalue weighted by atomic mass is 9.31. The third kappa shape index (κ3) is 2.76. The van der Waals surface area contributed by atoms with Gasteiger partial charge < -0.3 is 0 Å². The lowest BCUT2D eigenvalue weighted by Crippen LogP contribution is -2.66. The van der Waals surface area contributed by atoms with Crippen LogP contribution in [-0.2, 0) is 4.79 Å². The summed E-state index contributed by atoms with van der Waals surface area (Å²) in [5.74, 6) is 5.16. The molecule has 1 nitrogen and oxygen atoms in total. The number of Topliss-reactive ketones (excluding diaryl/α,β-unsaturated/α-hetero) is 1. The van der Waals surface area contributed by atoms with Crippen molar-refractivity contribution in [2.24, 2.45) is 62.6 Å². The molecule has 5 fully saturated rings. The van der Waals surface area contributed by atoms with E-state index in [1.807, 2.05) is 0 Å². The van der Waals surface area contributed by atoms with Crippen molar-refractivity contribution >= 4 is 5.78 Å². The summed E-state index contributed by atoms with van der Waals surface area (Å²) in [4.78, 5) is 12.7. The Bertz CT molecular complexity index is 766. The molecule has 0 bridgehead atoms. The Labute approximate surface area is 192 Å². The highest BCUT2D eigenvalue weighted by Crippen LogP contribution is 2.77. The van der Waals surface area contributed by atoms with E-state index in [4.69, 9.17) is 0 Å². The lowest BCUT2D eigenvalue weighted by Gasteiger charge is -2.73. The molecule has 0 spiro atoms. The molecule has 0 heterocycles. The first kappa shape index (κ1) is 22.5. The van der Waals surface area contributed by atoms with Gasteiger partial charge in [-0.25, -0.2) is 0 Å². The smallest absolute Gasteiger partial charge is 0.136 e. The number of carbonyl (C=O) groups is 1. The topological polar surface area (TPSA) is 17.1 Å². The SMILES string of the molecule is C[C@@H]1CC(C)(C)C[C@@H]2[C@@H]1CC[C@]1(C)[C@H]3CC[C@@]4(C)[C@@H](CCC(=O)[C@@H]4C)[C@]3(C)CC[C@@]21C. The van der Waals surface area contributed by atoms with E-state index < -0.39 is 0 Å². The molecule has 0 aromatic heterocycles. The standard InChI is InChI=1S/C30H50O/c1-19-17-26(3,4)18-22-21(19)11-14-30(8)25-12-13-27(5)20(2)23(31)9-10-24(27)28(25,6)15-16-29(22,30)7/h19-22,24-25H,9-18H2,1-8H3/t19-,20+,21-,22-,24-,25+,27-,28+,29+,30-/m1/s1. The van der Waals surface area contributed by atoms with Gasteiger partial charge in [-0.1, -0.05) is 55.4 Å². The molecular formula is C30H50O. The van der Waals surface area contributed by atoms with Crippen molar-refractivity contribution in [1.82, 2.24) is 0 Å². The van der Waals surface area contributed by atoms with Crippen molar-refractivity contribution in [2.45, 2.75) is 120 Å². The summed E-state index contributed by atoms with van der Waals surface area (Å²) in [5, 5.41) is 0. The fourth-order valence-electron chi connectivity index (χ4n) is 11.6. The van der Waals surface area contributed by atoms with Crippen molar-refractivity contribution in [3.8, 4) is 0 Å². The van der Waals surface area contributed by atoms with Gasteiger partial charge in [-0.05, 0) is 114 Å². The third-order valence-corrected chi connectivity index (χ3v) is 13.5. The van der Waals surface area contributed by atoms with E-state index in [0.717, 1.165) is 42.4 Å². The second kappa shape index (κ2) is 6.63. The maximum atomic E-state index is 12.7. The summed E-state index contributed by atoms with van der Waals surface area (Å²) in [6.07, 6.45) is 13.3. The molecular weight excluding hydrogens is 376 g/mol. The van der Waals surface area contributed by atoms with Gasteiger partial charge in [0.05, 0.1) is 0 Å². The van der Waals surface area contributed by atoms with E-state index in [2.05, 4.69) is 55.4 Å². The largest absolute Gasteiger partial charge is 0.299 e. The molecule has 5 aliphatic carbocycles. The van der Waals surface area contributed by atoms with Crippen LogP contribution in [0.3, 0.4) is 0 Å². The van der Waals surface area contributed by atoms with Gasteiger partial charge >= 0.3 is 0 Å². The first-order valence-corrected chi connectivity index (χ1v) is 13.8. The number of carbonyl (C=O) groups excluding carboxylic acids is 1. The van der Waals surface area contributed by atoms with Crippen LogP contribution in [0, 0.1) is 62.6 Å². The molecule has 0 amide bonds. The van der Waals surface area contributed by atoms with Crippen LogP contribution in [0.15, 0.2) is 0 Å². The fraction of sp³-hybridized carbons (Fsp3) is 0.967. The van der Waals surface area contributed by atoms with E-state index in [1.165, 1.54) is 51.4 Å². The Morgan fingerprint density at radius 1 is 0.710 bits per heavy atom. The molecule has 0 radical (unpaired) electrons. The molecule has 0 aromatic rings. The minimum Gasteiger partial charge on any atom is -0.299 e. The molecule has 0 aliphatic heterocycles. The molecule has 0 aromatic carbocycles. The van der Waals surface area contributed by atoms with Gasteiger partial charge in [0.25, 0.3) is 0 Å². The lowest BCUT2D eigenvalue weighted by molar-refractivity contribution is -0.246. The second-order valence-corrected chi connectivity index (χ2v) is 15.1. The molecule has 176 valence electrons. The van der Waals surface area contributed by atoms with Gasteiger partial charge in [0.2, 0.25) is 0 Å². The van der Waals surface area contributed by atoms with Gasteiger partial charge in [0, 0.05) is 12.3 Å². The van der Waals surface area contributed by atoms with Crippen LogP contribution in [0.2, 0.25) is 0 Å². The summed E-state index contributed by atoms with van der Waals surface area (Å²) in [6, 6.07) is 0. The Kier molecular flexibility index (Phi) is 4.80. The Morgan fingerprint density at radius 2 is 1.42 bits per heavy atom. The average molecular weight is 427 g/mol. The highest BCUT2D eigenvalue weighted by Gasteiger charge is 2.69. The second-order valence-electron chi connectivity index (χ2n) is 15.1. The van der Waals surface area contributed by atoms with Crippen LogP contribution in [0.4, 0.5) is 0 Å². The number of rotatable bonds is 0. The zero-order chi connectivity index (χ0) is 22.6. The Hall–Kier alpha value is -0.330. The third-order valence-electron chi connectivity index (χ3n) is 13.5. The number of hydrogen-bond donors (Lipinski definition) is 0. The normalized spacial score (nSPS) is 58.5. The molecule has 5 saturated carbocycles. The van der Waals surface area contributed by atoms with Gasteiger partial charge in [-0.2, -0.15) is 0 Å². The monoisotopic (exact) mass is 426 g/mol. The fourth-order valence-corrected chi connectivity index (χ4v) is 11.6. The van der Waals surface area contributed by atoms with Crippen LogP contribution in [0.5, 0.6) is 0 Å². The minimum absolute atomic E-state index is 0.239.